The summed E-state index contributed by atoms with van der Waals surface area (Å²) >= 11 is 0. The number of rotatable bonds is 11. The van der Waals surface area contributed by atoms with Crippen LogP contribution in [0.2, 0.25) is 0 Å². The summed E-state index contributed by atoms with van der Waals surface area (Å²) in [4.78, 5) is 11.5. The Kier molecular flexibility index (Phi) is 8.68. The van der Waals surface area contributed by atoms with E-state index < -0.39 is 5.97 Å². The number of ether oxygens (including phenoxy) is 2. The Labute approximate surface area is 227 Å². The quantitative estimate of drug-likeness (QED) is 0.261. The largest absolute Gasteiger partial charge is 0.497 e. The highest BCUT2D eigenvalue weighted by Crippen LogP contribution is 2.41. The Morgan fingerprint density at radius 2 is 1.66 bits per heavy atom. The lowest BCUT2D eigenvalue weighted by atomic mass is 9.85. The van der Waals surface area contributed by atoms with Crippen LogP contribution in [-0.4, -0.2) is 18.2 Å². The van der Waals surface area contributed by atoms with Gasteiger partial charge in [0.15, 0.2) is 0 Å². The van der Waals surface area contributed by atoms with Crippen molar-refractivity contribution in [3.05, 3.63) is 83.4 Å². The molecule has 2 saturated carbocycles. The van der Waals surface area contributed by atoms with Crippen molar-refractivity contribution in [2.75, 3.05) is 7.11 Å². The van der Waals surface area contributed by atoms with E-state index in [0.29, 0.717) is 18.4 Å². The SMILES string of the molecule is COc1cccc(-c2ccc(COc3cccc([C@@H](CC(=O)O)CC4CC4)c3)cc2C2CCCCCC2)c1. The third kappa shape index (κ3) is 6.98. The van der Waals surface area contributed by atoms with Crippen molar-refractivity contribution >= 4 is 5.97 Å². The molecule has 38 heavy (non-hydrogen) atoms. The molecule has 0 aliphatic heterocycles. The molecule has 1 atom stereocenters. The third-order valence-corrected chi connectivity index (χ3v) is 8.26. The predicted molar refractivity (Wildman–Crippen MR) is 152 cm³/mol. The summed E-state index contributed by atoms with van der Waals surface area (Å²) in [6, 6.07) is 23.2. The van der Waals surface area contributed by atoms with Crippen LogP contribution < -0.4 is 9.47 Å². The number of carboxylic acid groups (broad SMARTS) is 1. The second kappa shape index (κ2) is 12.5. The predicted octanol–water partition coefficient (Wildman–Crippen LogP) is 8.74. The van der Waals surface area contributed by atoms with E-state index in [-0.39, 0.29) is 12.3 Å². The van der Waals surface area contributed by atoms with Crippen LogP contribution in [0.15, 0.2) is 66.7 Å². The summed E-state index contributed by atoms with van der Waals surface area (Å²) in [6.45, 7) is 0.494. The zero-order valence-electron chi connectivity index (χ0n) is 22.5. The molecule has 2 aliphatic rings. The monoisotopic (exact) mass is 512 g/mol. The van der Waals surface area contributed by atoms with Gasteiger partial charge in [0.05, 0.1) is 13.5 Å². The first-order chi connectivity index (χ1) is 18.6. The lowest BCUT2D eigenvalue weighted by molar-refractivity contribution is -0.137. The van der Waals surface area contributed by atoms with Crippen LogP contribution in [0.5, 0.6) is 11.5 Å². The Morgan fingerprint density at radius 3 is 2.39 bits per heavy atom. The topological polar surface area (TPSA) is 55.8 Å². The Balaban J connectivity index is 1.37. The second-order valence-electron chi connectivity index (χ2n) is 11.2. The molecule has 4 heteroatoms. The smallest absolute Gasteiger partial charge is 0.303 e. The molecule has 1 N–H and O–H groups in total. The minimum atomic E-state index is -0.732. The van der Waals surface area contributed by atoms with Gasteiger partial charge in [0.1, 0.15) is 18.1 Å². The highest BCUT2D eigenvalue weighted by Gasteiger charge is 2.28. The number of carboxylic acids is 1. The Bertz CT molecular complexity index is 1220. The van der Waals surface area contributed by atoms with Crippen molar-refractivity contribution in [1.82, 2.24) is 0 Å². The molecule has 2 aliphatic carbocycles. The second-order valence-corrected chi connectivity index (χ2v) is 11.2. The van der Waals surface area contributed by atoms with Gasteiger partial charge in [0.2, 0.25) is 0 Å². The molecule has 0 unspecified atom stereocenters. The lowest BCUT2D eigenvalue weighted by Gasteiger charge is -2.21. The molecule has 0 radical (unpaired) electrons. The summed E-state index contributed by atoms with van der Waals surface area (Å²) in [5.74, 6) is 2.23. The highest BCUT2D eigenvalue weighted by molar-refractivity contribution is 5.70. The molecule has 4 nitrogen and oxygen atoms in total. The van der Waals surface area contributed by atoms with Gasteiger partial charge in [0, 0.05) is 0 Å². The summed E-state index contributed by atoms with van der Waals surface area (Å²) in [7, 11) is 1.72. The zero-order valence-corrected chi connectivity index (χ0v) is 22.5. The molecule has 0 spiro atoms. The van der Waals surface area contributed by atoms with Gasteiger partial charge in [-0.05, 0) is 89.1 Å². The number of methoxy groups -OCH3 is 1. The molecule has 0 bridgehead atoms. The zero-order chi connectivity index (χ0) is 26.3. The average molecular weight is 513 g/mol. The van der Waals surface area contributed by atoms with E-state index >= 15 is 0 Å². The number of hydrogen-bond donors (Lipinski definition) is 1. The maximum atomic E-state index is 11.5. The van der Waals surface area contributed by atoms with Gasteiger partial charge < -0.3 is 14.6 Å². The van der Waals surface area contributed by atoms with E-state index in [1.165, 1.54) is 73.6 Å². The minimum absolute atomic E-state index is 0.0486. The van der Waals surface area contributed by atoms with Crippen molar-refractivity contribution in [3.8, 4) is 22.6 Å². The maximum absolute atomic E-state index is 11.5. The van der Waals surface area contributed by atoms with Gasteiger partial charge in [-0.3, -0.25) is 4.79 Å². The molecule has 3 aromatic rings. The molecule has 0 aromatic heterocycles. The van der Waals surface area contributed by atoms with Crippen LogP contribution in [0, 0.1) is 5.92 Å². The molecule has 2 fully saturated rings. The van der Waals surface area contributed by atoms with Crippen molar-refractivity contribution < 1.29 is 19.4 Å². The first-order valence-electron chi connectivity index (χ1n) is 14.3. The van der Waals surface area contributed by atoms with Crippen molar-refractivity contribution in [2.45, 2.75) is 82.7 Å². The summed E-state index contributed by atoms with van der Waals surface area (Å²) in [5, 5.41) is 9.45. The van der Waals surface area contributed by atoms with Gasteiger partial charge in [-0.25, -0.2) is 0 Å². The fraction of sp³-hybridized carbons (Fsp3) is 0.441. The van der Waals surface area contributed by atoms with Gasteiger partial charge >= 0.3 is 5.97 Å². The molecule has 5 rings (SSSR count). The number of hydrogen-bond acceptors (Lipinski definition) is 3. The summed E-state index contributed by atoms with van der Waals surface area (Å²) < 4.78 is 11.8. The molecule has 0 amide bonds. The fourth-order valence-electron chi connectivity index (χ4n) is 6.01. The van der Waals surface area contributed by atoms with E-state index in [1.807, 2.05) is 24.3 Å². The van der Waals surface area contributed by atoms with E-state index in [9.17, 15) is 9.90 Å². The van der Waals surface area contributed by atoms with Gasteiger partial charge in [0.25, 0.3) is 0 Å². The molecule has 200 valence electrons. The Hall–Kier alpha value is -3.27. The van der Waals surface area contributed by atoms with Gasteiger partial charge in [-0.1, -0.05) is 81.0 Å². The maximum Gasteiger partial charge on any atom is 0.303 e. The van der Waals surface area contributed by atoms with Crippen molar-refractivity contribution in [1.29, 1.82) is 0 Å². The van der Waals surface area contributed by atoms with E-state index in [2.05, 4.69) is 42.5 Å². The highest BCUT2D eigenvalue weighted by atomic mass is 16.5. The normalized spacial score (nSPS) is 17.0. The lowest BCUT2D eigenvalue weighted by Crippen LogP contribution is -2.08. The molecule has 0 saturated heterocycles. The number of benzene rings is 3. The standard InChI is InChI=1S/C34H40O4/c1-37-30-12-7-11-28(21-30)32-17-16-25(19-33(32)26-8-4-2-3-5-9-26)23-38-31-13-6-10-27(20-31)29(22-34(35)36)18-24-14-15-24/h6-7,10-13,16-17,19-21,24,26,29H,2-5,8-9,14-15,18,22-23H2,1H3,(H,35,36)/t29-/m1/s1. The van der Waals surface area contributed by atoms with Gasteiger partial charge in [-0.15, -0.1) is 0 Å². The fourth-order valence-corrected chi connectivity index (χ4v) is 6.01. The van der Waals surface area contributed by atoms with E-state index in [0.717, 1.165) is 23.5 Å². The number of aliphatic carboxylic acids is 1. The summed E-state index contributed by atoms with van der Waals surface area (Å²) in [5.41, 5.74) is 6.15. The number of carbonyl (C=O) groups is 1. The van der Waals surface area contributed by atoms with E-state index in [1.54, 1.807) is 7.11 Å². The third-order valence-electron chi connectivity index (χ3n) is 8.26. The van der Waals surface area contributed by atoms with Gasteiger partial charge in [-0.2, -0.15) is 0 Å². The summed E-state index contributed by atoms with van der Waals surface area (Å²) in [6.07, 6.45) is 11.3. The van der Waals surface area contributed by atoms with Crippen LogP contribution in [0.4, 0.5) is 0 Å². The van der Waals surface area contributed by atoms with Crippen LogP contribution >= 0.6 is 0 Å². The minimum Gasteiger partial charge on any atom is -0.497 e. The van der Waals surface area contributed by atoms with Crippen molar-refractivity contribution in [2.24, 2.45) is 5.92 Å². The van der Waals surface area contributed by atoms with Crippen LogP contribution in [0.3, 0.4) is 0 Å². The van der Waals surface area contributed by atoms with Crippen LogP contribution in [-0.2, 0) is 11.4 Å². The Morgan fingerprint density at radius 1 is 0.895 bits per heavy atom. The van der Waals surface area contributed by atoms with Crippen LogP contribution in [0.25, 0.3) is 11.1 Å². The molecular weight excluding hydrogens is 472 g/mol. The first-order valence-corrected chi connectivity index (χ1v) is 14.3. The van der Waals surface area contributed by atoms with Crippen LogP contribution in [0.1, 0.15) is 92.7 Å². The first kappa shape index (κ1) is 26.3. The van der Waals surface area contributed by atoms with E-state index in [4.69, 9.17) is 9.47 Å². The molecular formula is C34H40O4. The molecule has 0 heterocycles. The average Bonchev–Trinajstić information content (AvgIpc) is 3.79. The molecule has 3 aromatic carbocycles. The van der Waals surface area contributed by atoms with Crippen molar-refractivity contribution in [3.63, 3.8) is 0 Å².